The second-order valence-electron chi connectivity index (χ2n) is 7.51. The maximum atomic E-state index is 12.7. The van der Waals surface area contributed by atoms with Crippen molar-refractivity contribution in [1.29, 1.82) is 0 Å². The molecule has 8 heteroatoms. The molecule has 0 spiro atoms. The van der Waals surface area contributed by atoms with Crippen molar-refractivity contribution in [3.63, 3.8) is 0 Å². The van der Waals surface area contributed by atoms with E-state index in [4.69, 9.17) is 14.2 Å². The number of piperidine rings is 1. The molecule has 3 rings (SSSR count). The third-order valence-corrected chi connectivity index (χ3v) is 5.79. The summed E-state index contributed by atoms with van der Waals surface area (Å²) in [4.78, 5) is 26.5. The van der Waals surface area contributed by atoms with Crippen LogP contribution in [-0.2, 0) is 9.53 Å². The smallest absolute Gasteiger partial charge is 0.338 e. The third-order valence-electron chi connectivity index (χ3n) is 5.79. The number of rotatable bonds is 6. The number of likely N-dealkylation sites (tertiary alicyclic amines) is 1. The quantitative estimate of drug-likeness (QED) is 0.614. The molecule has 3 N–H and O–H groups in total. The van der Waals surface area contributed by atoms with E-state index in [-0.39, 0.29) is 6.03 Å². The molecule has 2 aliphatic heterocycles. The van der Waals surface area contributed by atoms with Crippen LogP contribution in [0.2, 0.25) is 0 Å². The number of nitrogens with one attached hydrogen (secondary N) is 3. The summed E-state index contributed by atoms with van der Waals surface area (Å²) in [6.07, 6.45) is 3.50. The highest BCUT2D eigenvalue weighted by Gasteiger charge is 2.36. The number of urea groups is 1. The summed E-state index contributed by atoms with van der Waals surface area (Å²) < 4.78 is 15.8. The van der Waals surface area contributed by atoms with E-state index >= 15 is 0 Å². The maximum Gasteiger partial charge on any atom is 0.338 e. The van der Waals surface area contributed by atoms with Crippen LogP contribution in [0, 0.1) is 0 Å². The highest BCUT2D eigenvalue weighted by Crippen LogP contribution is 2.34. The van der Waals surface area contributed by atoms with Gasteiger partial charge >= 0.3 is 12.0 Å². The van der Waals surface area contributed by atoms with Gasteiger partial charge in [0.1, 0.15) is 6.54 Å². The Morgan fingerprint density at radius 2 is 1.93 bits per heavy atom. The molecule has 0 bridgehead atoms. The molecule has 29 heavy (non-hydrogen) atoms. The number of hydrogen-bond donors (Lipinski definition) is 3. The summed E-state index contributed by atoms with van der Waals surface area (Å²) in [5.74, 6) is 0.641. The second kappa shape index (κ2) is 9.17. The maximum absolute atomic E-state index is 12.7. The molecule has 1 fully saturated rings. The van der Waals surface area contributed by atoms with Gasteiger partial charge in [0, 0.05) is 0 Å². The molecule has 0 aromatic heterocycles. The van der Waals surface area contributed by atoms with Gasteiger partial charge in [-0.3, -0.25) is 0 Å². The van der Waals surface area contributed by atoms with E-state index < -0.39 is 12.0 Å². The fourth-order valence-corrected chi connectivity index (χ4v) is 4.13. The number of ether oxygens (including phenoxy) is 3. The Balaban J connectivity index is 2.02. The van der Waals surface area contributed by atoms with Gasteiger partial charge in [-0.1, -0.05) is 6.07 Å². The van der Waals surface area contributed by atoms with E-state index in [9.17, 15) is 9.59 Å². The number of methoxy groups -OCH3 is 3. The Bertz CT molecular complexity index is 808. The molecule has 158 valence electrons. The summed E-state index contributed by atoms with van der Waals surface area (Å²) in [5.41, 5.74) is 1.76. The van der Waals surface area contributed by atoms with Gasteiger partial charge in [-0.2, -0.15) is 0 Å². The topological polar surface area (TPSA) is 90.3 Å². The monoisotopic (exact) mass is 404 g/mol. The van der Waals surface area contributed by atoms with Crippen molar-refractivity contribution >= 4 is 12.0 Å². The summed E-state index contributed by atoms with van der Waals surface area (Å²) in [6.45, 7) is 3.80. The zero-order chi connectivity index (χ0) is 21.0. The van der Waals surface area contributed by atoms with E-state index in [1.165, 1.54) is 18.4 Å². The highest BCUT2D eigenvalue weighted by atomic mass is 16.5. The van der Waals surface area contributed by atoms with Gasteiger partial charge in [-0.15, -0.1) is 0 Å². The molecule has 2 aliphatic rings. The van der Waals surface area contributed by atoms with Crippen LogP contribution in [0.5, 0.6) is 11.5 Å². The van der Waals surface area contributed by atoms with Crippen molar-refractivity contribution in [2.45, 2.75) is 38.3 Å². The lowest BCUT2D eigenvalue weighted by Gasteiger charge is -2.34. The fraction of sp³-hybridized carbons (Fsp3) is 0.524. The molecular formula is C21H30N3O5+. The minimum absolute atomic E-state index is 0.337. The van der Waals surface area contributed by atoms with E-state index in [0.717, 1.165) is 24.9 Å². The molecule has 8 nitrogen and oxygen atoms in total. The van der Waals surface area contributed by atoms with Crippen LogP contribution in [0.1, 0.15) is 37.8 Å². The van der Waals surface area contributed by atoms with E-state index in [0.29, 0.717) is 35.4 Å². The Labute approximate surface area is 171 Å². The molecule has 0 radical (unpaired) electrons. The third kappa shape index (κ3) is 4.48. The van der Waals surface area contributed by atoms with Crippen molar-refractivity contribution < 1.29 is 28.7 Å². The van der Waals surface area contributed by atoms with Crippen molar-refractivity contribution in [3.8, 4) is 11.5 Å². The number of carbonyl (C=O) groups excluding carboxylic acids is 2. The van der Waals surface area contributed by atoms with Gasteiger partial charge in [-0.25, -0.2) is 9.59 Å². The molecule has 2 amide bonds. The summed E-state index contributed by atoms with van der Waals surface area (Å²) in [6, 6.07) is 4.85. The van der Waals surface area contributed by atoms with E-state index in [1.807, 2.05) is 6.07 Å². The largest absolute Gasteiger partial charge is 0.493 e. The van der Waals surface area contributed by atoms with Crippen molar-refractivity contribution in [3.05, 3.63) is 35.0 Å². The number of carbonyl (C=O) groups is 2. The van der Waals surface area contributed by atoms with Gasteiger partial charge in [0.2, 0.25) is 0 Å². The second-order valence-corrected chi connectivity index (χ2v) is 7.51. The van der Waals surface area contributed by atoms with Crippen LogP contribution >= 0.6 is 0 Å². The predicted octanol–water partition coefficient (Wildman–Crippen LogP) is 0.942. The Kier molecular flexibility index (Phi) is 6.64. The predicted molar refractivity (Wildman–Crippen MR) is 107 cm³/mol. The Hall–Kier alpha value is -2.74. The number of amides is 2. The number of esters is 1. The molecule has 0 aliphatic carbocycles. The lowest BCUT2D eigenvalue weighted by Crippen LogP contribution is -3.16. The summed E-state index contributed by atoms with van der Waals surface area (Å²) in [5, 5.41) is 5.70. The van der Waals surface area contributed by atoms with Crippen molar-refractivity contribution in [2.75, 3.05) is 34.4 Å². The average molecular weight is 404 g/mol. The molecule has 1 saturated heterocycles. The van der Waals surface area contributed by atoms with Crippen LogP contribution in [0.15, 0.2) is 29.5 Å². The first-order chi connectivity index (χ1) is 14.0. The zero-order valence-corrected chi connectivity index (χ0v) is 17.5. The summed E-state index contributed by atoms with van der Waals surface area (Å²) >= 11 is 0. The van der Waals surface area contributed by atoms with Crippen LogP contribution in [0.25, 0.3) is 0 Å². The zero-order valence-electron chi connectivity index (χ0n) is 17.5. The first-order valence-electron chi connectivity index (χ1n) is 9.93. The molecule has 1 unspecified atom stereocenters. The van der Waals surface area contributed by atoms with Gasteiger partial charge in [0.05, 0.1) is 51.2 Å². The standard InChI is InChI=1S/C21H29N3O5/c1-13-7-5-6-10-24(13)12-15-18(20(25)29-4)19(23-21(26)22-15)14-8-9-16(27-2)17(11-14)28-3/h8-9,11,13,19H,5-7,10,12H2,1-4H3,(H2,22,23,26)/p+1/t13-,19+/m1/s1. The lowest BCUT2D eigenvalue weighted by molar-refractivity contribution is -0.924. The van der Waals surface area contributed by atoms with E-state index in [2.05, 4.69) is 17.6 Å². The minimum Gasteiger partial charge on any atom is -0.493 e. The Morgan fingerprint density at radius 3 is 2.59 bits per heavy atom. The van der Waals surface area contributed by atoms with Gasteiger partial charge < -0.3 is 29.7 Å². The van der Waals surface area contributed by atoms with Gasteiger partial charge in [0.15, 0.2) is 11.5 Å². The number of hydrogen-bond acceptors (Lipinski definition) is 5. The van der Waals surface area contributed by atoms with Crippen LogP contribution in [0.3, 0.4) is 0 Å². The molecule has 1 aromatic rings. The lowest BCUT2D eigenvalue weighted by atomic mass is 9.94. The fourth-order valence-electron chi connectivity index (χ4n) is 4.13. The average Bonchev–Trinajstić information content (AvgIpc) is 2.74. The minimum atomic E-state index is -0.634. The SMILES string of the molecule is COC(=O)C1=C(C[NH+]2CCCC[C@H]2C)NC(=O)N[C@H]1c1ccc(OC)c(OC)c1. The first kappa shape index (κ1) is 21.0. The highest BCUT2D eigenvalue weighted by molar-refractivity contribution is 5.95. The molecule has 0 saturated carbocycles. The molecule has 3 atom stereocenters. The van der Waals surface area contributed by atoms with Gasteiger partial charge in [0.25, 0.3) is 0 Å². The molecule has 2 heterocycles. The van der Waals surface area contributed by atoms with Crippen LogP contribution < -0.4 is 25.0 Å². The van der Waals surface area contributed by atoms with E-state index in [1.54, 1.807) is 26.4 Å². The Morgan fingerprint density at radius 1 is 1.17 bits per heavy atom. The number of quaternary nitrogens is 1. The molecular weight excluding hydrogens is 374 g/mol. The number of benzene rings is 1. The van der Waals surface area contributed by atoms with Crippen LogP contribution in [-0.4, -0.2) is 52.5 Å². The van der Waals surface area contributed by atoms with Crippen LogP contribution in [0.4, 0.5) is 4.79 Å². The van der Waals surface area contributed by atoms with Crippen molar-refractivity contribution in [1.82, 2.24) is 10.6 Å². The summed E-state index contributed by atoms with van der Waals surface area (Å²) in [7, 11) is 4.46. The van der Waals surface area contributed by atoms with Gasteiger partial charge in [-0.05, 0) is 43.9 Å². The first-order valence-corrected chi connectivity index (χ1v) is 9.93. The molecule has 1 aromatic carbocycles. The van der Waals surface area contributed by atoms with Crippen molar-refractivity contribution in [2.24, 2.45) is 0 Å². The normalized spacial score (nSPS) is 24.4.